The monoisotopic (exact) mass is 208 g/mol. The van der Waals surface area contributed by atoms with Crippen LogP contribution in [0.3, 0.4) is 0 Å². The molecule has 0 aromatic rings. The average Bonchev–Trinajstić information content (AvgIpc) is 2.28. The Hall–Kier alpha value is -1.47. The fourth-order valence-electron chi connectivity index (χ4n) is 1.32. The lowest BCUT2D eigenvalue weighted by atomic mass is 10.1. The first-order valence-electron chi connectivity index (χ1n) is 5.03. The van der Waals surface area contributed by atoms with Gasteiger partial charge in [0.05, 0.1) is 19.8 Å². The van der Waals surface area contributed by atoms with Crippen LogP contribution in [0, 0.1) is 12.3 Å². The van der Waals surface area contributed by atoms with Crippen LogP contribution in [0.1, 0.15) is 12.8 Å². The minimum atomic E-state index is -0.208. The first kappa shape index (κ1) is 11.6. The number of rotatable bonds is 4. The number of hydrogen-bond donors (Lipinski definition) is 2. The third kappa shape index (κ3) is 5.08. The highest BCUT2D eigenvalue weighted by Gasteiger charge is 2.04. The van der Waals surface area contributed by atoms with Crippen LogP contribution < -0.4 is 10.6 Å². The SMILES string of the molecule is C#CCNC(=O)NCCC1=CCOCC1. The Labute approximate surface area is 90.1 Å². The van der Waals surface area contributed by atoms with Crippen molar-refractivity contribution in [2.45, 2.75) is 12.8 Å². The van der Waals surface area contributed by atoms with E-state index >= 15 is 0 Å². The molecule has 0 unspecified atom stereocenters. The fraction of sp³-hybridized carbons (Fsp3) is 0.545. The zero-order valence-corrected chi connectivity index (χ0v) is 8.71. The summed E-state index contributed by atoms with van der Waals surface area (Å²) < 4.78 is 5.18. The topological polar surface area (TPSA) is 50.4 Å². The summed E-state index contributed by atoms with van der Waals surface area (Å²) in [4.78, 5) is 11.1. The summed E-state index contributed by atoms with van der Waals surface area (Å²) in [7, 11) is 0. The largest absolute Gasteiger partial charge is 0.377 e. The van der Waals surface area contributed by atoms with Gasteiger partial charge in [0.25, 0.3) is 0 Å². The highest BCUT2D eigenvalue weighted by atomic mass is 16.5. The Morgan fingerprint density at radius 3 is 3.13 bits per heavy atom. The Balaban J connectivity index is 2.08. The third-order valence-electron chi connectivity index (χ3n) is 2.14. The van der Waals surface area contributed by atoms with Gasteiger partial charge in [-0.1, -0.05) is 17.6 Å². The molecule has 0 aromatic carbocycles. The molecule has 0 aliphatic carbocycles. The maximum atomic E-state index is 11.1. The van der Waals surface area contributed by atoms with Crippen LogP contribution in [0.25, 0.3) is 0 Å². The molecule has 0 saturated carbocycles. The summed E-state index contributed by atoms with van der Waals surface area (Å²) in [5, 5.41) is 5.28. The molecule has 82 valence electrons. The van der Waals surface area contributed by atoms with Crippen LogP contribution in [0.4, 0.5) is 4.79 Å². The number of hydrogen-bond acceptors (Lipinski definition) is 2. The van der Waals surface area contributed by atoms with Gasteiger partial charge in [0, 0.05) is 6.54 Å². The zero-order chi connectivity index (χ0) is 10.9. The van der Waals surface area contributed by atoms with E-state index < -0.39 is 0 Å². The Kier molecular flexibility index (Phi) is 5.34. The van der Waals surface area contributed by atoms with Crippen molar-refractivity contribution in [1.82, 2.24) is 10.6 Å². The normalized spacial score (nSPS) is 15.0. The van der Waals surface area contributed by atoms with Gasteiger partial charge in [-0.05, 0) is 12.8 Å². The van der Waals surface area contributed by atoms with Gasteiger partial charge in [-0.25, -0.2) is 4.79 Å². The van der Waals surface area contributed by atoms with Gasteiger partial charge in [0.15, 0.2) is 0 Å². The van der Waals surface area contributed by atoms with Crippen molar-refractivity contribution in [2.24, 2.45) is 0 Å². The zero-order valence-electron chi connectivity index (χ0n) is 8.71. The average molecular weight is 208 g/mol. The second-order valence-corrected chi connectivity index (χ2v) is 3.25. The van der Waals surface area contributed by atoms with Crippen molar-refractivity contribution in [2.75, 3.05) is 26.3 Å². The van der Waals surface area contributed by atoms with E-state index in [1.54, 1.807) is 0 Å². The number of carbonyl (C=O) groups is 1. The second kappa shape index (κ2) is 6.91. The number of carbonyl (C=O) groups excluding carboxylic acids is 1. The molecule has 0 fully saturated rings. The smallest absolute Gasteiger partial charge is 0.315 e. The van der Waals surface area contributed by atoms with E-state index in [1.165, 1.54) is 5.57 Å². The summed E-state index contributed by atoms with van der Waals surface area (Å²) in [5.41, 5.74) is 1.35. The lowest BCUT2D eigenvalue weighted by molar-refractivity contribution is 0.153. The van der Waals surface area contributed by atoms with Crippen molar-refractivity contribution < 1.29 is 9.53 Å². The molecule has 1 aliphatic rings. The summed E-state index contributed by atoms with van der Waals surface area (Å²) in [6.07, 6.45) is 8.93. The predicted molar refractivity (Wildman–Crippen MR) is 58.4 cm³/mol. The van der Waals surface area contributed by atoms with Crippen molar-refractivity contribution in [3.8, 4) is 12.3 Å². The maximum Gasteiger partial charge on any atom is 0.315 e. The highest BCUT2D eigenvalue weighted by Crippen LogP contribution is 2.10. The lowest BCUT2D eigenvalue weighted by Crippen LogP contribution is -2.36. The maximum absolute atomic E-state index is 11.1. The van der Waals surface area contributed by atoms with Crippen LogP contribution >= 0.6 is 0 Å². The molecule has 2 amide bonds. The number of ether oxygens (including phenoxy) is 1. The van der Waals surface area contributed by atoms with E-state index in [0.717, 1.165) is 19.4 Å². The van der Waals surface area contributed by atoms with Crippen LogP contribution in [-0.4, -0.2) is 32.3 Å². The molecule has 0 aromatic heterocycles. The molecule has 1 heterocycles. The van der Waals surface area contributed by atoms with Gasteiger partial charge in [-0.3, -0.25) is 0 Å². The molecule has 1 rings (SSSR count). The van der Waals surface area contributed by atoms with Gasteiger partial charge < -0.3 is 15.4 Å². The van der Waals surface area contributed by atoms with Gasteiger partial charge >= 0.3 is 6.03 Å². The Morgan fingerprint density at radius 2 is 2.47 bits per heavy atom. The molecule has 0 spiro atoms. The number of nitrogens with one attached hydrogen (secondary N) is 2. The Bertz CT molecular complexity index is 279. The predicted octanol–water partition coefficient (Wildman–Crippen LogP) is 0.656. The molecule has 0 bridgehead atoms. The molecule has 4 nitrogen and oxygen atoms in total. The van der Waals surface area contributed by atoms with Crippen LogP contribution in [0.5, 0.6) is 0 Å². The minimum Gasteiger partial charge on any atom is -0.377 e. The highest BCUT2D eigenvalue weighted by molar-refractivity contribution is 5.74. The first-order chi connectivity index (χ1) is 7.33. The quantitative estimate of drug-likeness (QED) is 0.526. The summed E-state index contributed by atoms with van der Waals surface area (Å²) >= 11 is 0. The van der Waals surface area contributed by atoms with E-state index in [9.17, 15) is 4.79 Å². The fourth-order valence-corrected chi connectivity index (χ4v) is 1.32. The van der Waals surface area contributed by atoms with Crippen molar-refractivity contribution in [3.63, 3.8) is 0 Å². The summed E-state index contributed by atoms with van der Waals surface area (Å²) in [5.74, 6) is 2.34. The van der Waals surface area contributed by atoms with Crippen molar-refractivity contribution in [3.05, 3.63) is 11.6 Å². The summed E-state index contributed by atoms with van der Waals surface area (Å²) in [6, 6.07) is -0.208. The van der Waals surface area contributed by atoms with E-state index in [-0.39, 0.29) is 12.6 Å². The van der Waals surface area contributed by atoms with Crippen molar-refractivity contribution >= 4 is 6.03 Å². The van der Waals surface area contributed by atoms with E-state index in [0.29, 0.717) is 13.2 Å². The summed E-state index contributed by atoms with van der Waals surface area (Å²) in [6.45, 7) is 2.39. The molecule has 15 heavy (non-hydrogen) atoms. The van der Waals surface area contributed by atoms with Crippen LogP contribution in [0.2, 0.25) is 0 Å². The standard InChI is InChI=1S/C11H16N2O2/c1-2-6-12-11(14)13-7-3-10-4-8-15-9-5-10/h1,4H,3,5-9H2,(H2,12,13,14). The molecule has 1 aliphatic heterocycles. The van der Waals surface area contributed by atoms with Gasteiger partial charge in [-0.15, -0.1) is 6.42 Å². The Morgan fingerprint density at radius 1 is 1.60 bits per heavy atom. The van der Waals surface area contributed by atoms with E-state index in [4.69, 9.17) is 11.2 Å². The van der Waals surface area contributed by atoms with Crippen LogP contribution in [-0.2, 0) is 4.74 Å². The molecule has 0 radical (unpaired) electrons. The third-order valence-corrected chi connectivity index (χ3v) is 2.14. The van der Waals surface area contributed by atoms with E-state index in [1.807, 2.05) is 0 Å². The van der Waals surface area contributed by atoms with Crippen molar-refractivity contribution in [1.29, 1.82) is 0 Å². The molecule has 4 heteroatoms. The second-order valence-electron chi connectivity index (χ2n) is 3.25. The molecular weight excluding hydrogens is 192 g/mol. The van der Waals surface area contributed by atoms with Gasteiger partial charge in [0.1, 0.15) is 0 Å². The number of urea groups is 1. The first-order valence-corrected chi connectivity index (χ1v) is 5.03. The molecule has 2 N–H and O–H groups in total. The van der Waals surface area contributed by atoms with Gasteiger partial charge in [0.2, 0.25) is 0 Å². The van der Waals surface area contributed by atoms with E-state index in [2.05, 4.69) is 22.6 Å². The molecule has 0 saturated heterocycles. The van der Waals surface area contributed by atoms with Crippen LogP contribution in [0.15, 0.2) is 11.6 Å². The number of terminal acetylenes is 1. The molecular formula is C11H16N2O2. The number of amides is 2. The lowest BCUT2D eigenvalue weighted by Gasteiger charge is -2.13. The molecule has 0 atom stereocenters. The van der Waals surface area contributed by atoms with Gasteiger partial charge in [-0.2, -0.15) is 0 Å². The minimum absolute atomic E-state index is 0.208.